The molecule has 1 saturated carbocycles. The molecule has 17 heavy (non-hydrogen) atoms. The summed E-state index contributed by atoms with van der Waals surface area (Å²) < 4.78 is 0. The summed E-state index contributed by atoms with van der Waals surface area (Å²) in [5, 5.41) is 3.56. The molecular formula is C15H30N2. The number of nitrogens with zero attached hydrogens (tertiary/aromatic N) is 1. The van der Waals surface area contributed by atoms with E-state index in [1.807, 2.05) is 0 Å². The van der Waals surface area contributed by atoms with Gasteiger partial charge in [0.05, 0.1) is 0 Å². The van der Waals surface area contributed by atoms with Gasteiger partial charge in [0, 0.05) is 19.1 Å². The van der Waals surface area contributed by atoms with E-state index in [1.165, 1.54) is 77.5 Å². The molecule has 1 N–H and O–H groups in total. The number of nitrogens with one attached hydrogen (secondary N) is 1. The topological polar surface area (TPSA) is 15.3 Å². The Hall–Kier alpha value is -0.0800. The van der Waals surface area contributed by atoms with Crippen molar-refractivity contribution in [3.05, 3.63) is 0 Å². The van der Waals surface area contributed by atoms with E-state index in [-0.39, 0.29) is 0 Å². The average Bonchev–Trinajstić information content (AvgIpc) is 2.65. The fraction of sp³-hybridized carbons (Fsp3) is 1.00. The summed E-state index contributed by atoms with van der Waals surface area (Å²) in [7, 11) is 0. The predicted octanol–water partition coefficient (Wildman–Crippen LogP) is 3.03. The summed E-state index contributed by atoms with van der Waals surface area (Å²) in [5.41, 5.74) is 0. The lowest BCUT2D eigenvalue weighted by Crippen LogP contribution is -2.47. The monoisotopic (exact) mass is 238 g/mol. The minimum absolute atomic E-state index is 0.817. The molecular weight excluding hydrogens is 208 g/mol. The molecule has 1 aliphatic carbocycles. The highest BCUT2D eigenvalue weighted by Gasteiger charge is 2.22. The molecule has 1 saturated heterocycles. The molecule has 1 unspecified atom stereocenters. The Morgan fingerprint density at radius 2 is 1.76 bits per heavy atom. The van der Waals surface area contributed by atoms with E-state index in [9.17, 15) is 0 Å². The van der Waals surface area contributed by atoms with Crippen LogP contribution in [0.4, 0.5) is 0 Å². The van der Waals surface area contributed by atoms with Gasteiger partial charge in [0.15, 0.2) is 0 Å². The van der Waals surface area contributed by atoms with Crippen LogP contribution in [0.1, 0.15) is 58.3 Å². The van der Waals surface area contributed by atoms with Crippen LogP contribution in [0.5, 0.6) is 0 Å². The number of piperidine rings is 1. The highest BCUT2D eigenvalue weighted by molar-refractivity contribution is 4.80. The molecule has 2 rings (SSSR count). The van der Waals surface area contributed by atoms with Gasteiger partial charge >= 0.3 is 0 Å². The lowest BCUT2D eigenvalue weighted by atomic mass is 9.97. The zero-order chi connectivity index (χ0) is 11.9. The Balaban J connectivity index is 1.80. The molecule has 2 nitrogen and oxygen atoms in total. The maximum absolute atomic E-state index is 3.56. The minimum atomic E-state index is 0.817. The molecule has 2 aliphatic rings. The molecule has 100 valence electrons. The lowest BCUT2D eigenvalue weighted by Gasteiger charge is -2.36. The molecule has 0 amide bonds. The van der Waals surface area contributed by atoms with Gasteiger partial charge in [0.1, 0.15) is 0 Å². The van der Waals surface area contributed by atoms with Crippen LogP contribution in [-0.4, -0.2) is 37.1 Å². The Morgan fingerprint density at radius 1 is 1.00 bits per heavy atom. The third-order valence-corrected chi connectivity index (χ3v) is 4.66. The van der Waals surface area contributed by atoms with E-state index in [0.717, 1.165) is 12.0 Å². The minimum Gasteiger partial charge on any atom is -0.315 e. The van der Waals surface area contributed by atoms with Gasteiger partial charge < -0.3 is 5.32 Å². The lowest BCUT2D eigenvalue weighted by molar-refractivity contribution is 0.143. The van der Waals surface area contributed by atoms with Crippen LogP contribution in [0.3, 0.4) is 0 Å². The zero-order valence-electron chi connectivity index (χ0n) is 11.6. The van der Waals surface area contributed by atoms with E-state index in [4.69, 9.17) is 0 Å². The highest BCUT2D eigenvalue weighted by Crippen LogP contribution is 2.24. The first-order valence-electron chi connectivity index (χ1n) is 7.85. The van der Waals surface area contributed by atoms with Gasteiger partial charge in [-0.3, -0.25) is 4.90 Å². The van der Waals surface area contributed by atoms with Gasteiger partial charge in [0.2, 0.25) is 0 Å². The van der Waals surface area contributed by atoms with Crippen molar-refractivity contribution in [2.75, 3.05) is 26.2 Å². The van der Waals surface area contributed by atoms with Crippen LogP contribution in [0, 0.1) is 5.92 Å². The molecule has 0 spiro atoms. The first-order chi connectivity index (χ1) is 8.40. The summed E-state index contributed by atoms with van der Waals surface area (Å²) in [4.78, 5) is 2.75. The Kier molecular flexibility index (Phi) is 5.79. The van der Waals surface area contributed by atoms with Gasteiger partial charge in [-0.05, 0) is 44.7 Å². The number of rotatable bonds is 4. The van der Waals surface area contributed by atoms with Gasteiger partial charge in [-0.25, -0.2) is 0 Å². The SMILES string of the molecule is CCN(CC1CCCCCC1)C1CCCNC1. The smallest absolute Gasteiger partial charge is 0.0221 e. The fourth-order valence-electron chi connectivity index (χ4n) is 3.56. The van der Waals surface area contributed by atoms with E-state index < -0.39 is 0 Å². The molecule has 1 heterocycles. The third kappa shape index (κ3) is 4.26. The highest BCUT2D eigenvalue weighted by atomic mass is 15.2. The van der Waals surface area contributed by atoms with Crippen molar-refractivity contribution in [3.8, 4) is 0 Å². The molecule has 1 atom stereocenters. The van der Waals surface area contributed by atoms with E-state index in [0.29, 0.717) is 0 Å². The zero-order valence-corrected chi connectivity index (χ0v) is 11.6. The van der Waals surface area contributed by atoms with Gasteiger partial charge in [0.25, 0.3) is 0 Å². The fourth-order valence-corrected chi connectivity index (χ4v) is 3.56. The molecule has 2 heteroatoms. The molecule has 0 aromatic rings. The quantitative estimate of drug-likeness (QED) is 0.757. The summed E-state index contributed by atoms with van der Waals surface area (Å²) in [6.45, 7) is 7.40. The molecule has 0 aromatic carbocycles. The van der Waals surface area contributed by atoms with Crippen molar-refractivity contribution in [2.45, 2.75) is 64.3 Å². The maximum Gasteiger partial charge on any atom is 0.0221 e. The Morgan fingerprint density at radius 3 is 2.35 bits per heavy atom. The van der Waals surface area contributed by atoms with Crippen molar-refractivity contribution in [1.82, 2.24) is 10.2 Å². The summed E-state index contributed by atoms with van der Waals surface area (Å²) >= 11 is 0. The molecule has 0 bridgehead atoms. The predicted molar refractivity (Wildman–Crippen MR) is 74.3 cm³/mol. The van der Waals surface area contributed by atoms with Crippen molar-refractivity contribution in [3.63, 3.8) is 0 Å². The van der Waals surface area contributed by atoms with E-state index in [2.05, 4.69) is 17.1 Å². The van der Waals surface area contributed by atoms with Crippen LogP contribution in [0.15, 0.2) is 0 Å². The van der Waals surface area contributed by atoms with Crippen LogP contribution in [-0.2, 0) is 0 Å². The normalized spacial score (nSPS) is 28.2. The summed E-state index contributed by atoms with van der Waals surface area (Å²) in [5.74, 6) is 0.986. The van der Waals surface area contributed by atoms with Crippen LogP contribution in [0.25, 0.3) is 0 Å². The van der Waals surface area contributed by atoms with Crippen molar-refractivity contribution < 1.29 is 0 Å². The summed E-state index contributed by atoms with van der Waals surface area (Å²) in [6.07, 6.45) is 11.7. The number of hydrogen-bond acceptors (Lipinski definition) is 2. The van der Waals surface area contributed by atoms with Gasteiger partial charge in [-0.1, -0.05) is 32.6 Å². The second kappa shape index (κ2) is 7.38. The standard InChI is InChI=1S/C15H30N2/c1-2-17(15-10-7-11-16-12-15)13-14-8-5-3-4-6-9-14/h14-16H,2-13H2,1H3. The van der Waals surface area contributed by atoms with Gasteiger partial charge in [-0.15, -0.1) is 0 Å². The number of hydrogen-bond donors (Lipinski definition) is 1. The maximum atomic E-state index is 3.56. The largest absolute Gasteiger partial charge is 0.315 e. The molecule has 1 aliphatic heterocycles. The van der Waals surface area contributed by atoms with Crippen molar-refractivity contribution >= 4 is 0 Å². The van der Waals surface area contributed by atoms with Crippen molar-refractivity contribution in [2.24, 2.45) is 5.92 Å². The third-order valence-electron chi connectivity index (χ3n) is 4.66. The first-order valence-corrected chi connectivity index (χ1v) is 7.85. The molecule has 0 aromatic heterocycles. The second-order valence-corrected chi connectivity index (χ2v) is 5.95. The molecule has 2 fully saturated rings. The van der Waals surface area contributed by atoms with E-state index in [1.54, 1.807) is 0 Å². The van der Waals surface area contributed by atoms with Gasteiger partial charge in [-0.2, -0.15) is 0 Å². The average molecular weight is 238 g/mol. The molecule has 0 radical (unpaired) electrons. The van der Waals surface area contributed by atoms with Crippen molar-refractivity contribution in [1.29, 1.82) is 0 Å². The van der Waals surface area contributed by atoms with Crippen LogP contribution >= 0.6 is 0 Å². The summed E-state index contributed by atoms with van der Waals surface area (Å²) in [6, 6.07) is 0.817. The van der Waals surface area contributed by atoms with Crippen LogP contribution < -0.4 is 5.32 Å². The Bertz CT molecular complexity index is 191. The van der Waals surface area contributed by atoms with Crippen LogP contribution in [0.2, 0.25) is 0 Å². The first kappa shape index (κ1) is 13.4. The second-order valence-electron chi connectivity index (χ2n) is 5.95. The number of likely N-dealkylation sites (N-methyl/N-ethyl adjacent to an activating group) is 1. The van der Waals surface area contributed by atoms with E-state index >= 15 is 0 Å². The Labute approximate surface area is 107 Å².